The molecule has 28 heavy (non-hydrogen) atoms. The predicted molar refractivity (Wildman–Crippen MR) is 122 cm³/mol. The maximum Gasteiger partial charge on any atom is 0.0666 e. The SMILES string of the molecule is CC(=Nc1ccccc1)C1CCCC(C(C)=Nc2ccccc2C(C)(C)C)N1. The maximum absolute atomic E-state index is 5.04. The van der Waals surface area contributed by atoms with Gasteiger partial charge in [0.15, 0.2) is 0 Å². The largest absolute Gasteiger partial charge is 0.301 e. The van der Waals surface area contributed by atoms with Crippen molar-refractivity contribution >= 4 is 22.8 Å². The summed E-state index contributed by atoms with van der Waals surface area (Å²) in [6.07, 6.45) is 3.45. The molecule has 1 N–H and O–H groups in total. The van der Waals surface area contributed by atoms with Gasteiger partial charge < -0.3 is 5.32 Å². The summed E-state index contributed by atoms with van der Waals surface area (Å²) < 4.78 is 0. The minimum Gasteiger partial charge on any atom is -0.301 e. The molecule has 2 aromatic carbocycles. The summed E-state index contributed by atoms with van der Waals surface area (Å²) in [6, 6.07) is 19.3. The molecule has 0 spiro atoms. The van der Waals surface area contributed by atoms with Crippen molar-refractivity contribution in [1.29, 1.82) is 0 Å². The number of benzene rings is 2. The summed E-state index contributed by atoms with van der Waals surface area (Å²) in [6.45, 7) is 11.0. The monoisotopic (exact) mass is 375 g/mol. The van der Waals surface area contributed by atoms with Gasteiger partial charge >= 0.3 is 0 Å². The van der Waals surface area contributed by atoms with Crippen LogP contribution in [-0.4, -0.2) is 23.5 Å². The first-order chi connectivity index (χ1) is 13.3. The number of nitrogens with zero attached hydrogens (tertiary/aromatic N) is 2. The highest BCUT2D eigenvalue weighted by molar-refractivity contribution is 5.93. The van der Waals surface area contributed by atoms with Gasteiger partial charge in [-0.05, 0) is 62.3 Å². The van der Waals surface area contributed by atoms with E-state index in [9.17, 15) is 0 Å². The summed E-state index contributed by atoms with van der Waals surface area (Å²) in [5, 5.41) is 3.79. The highest BCUT2D eigenvalue weighted by Gasteiger charge is 2.25. The molecule has 148 valence electrons. The first kappa shape index (κ1) is 20.5. The lowest BCUT2D eigenvalue weighted by Crippen LogP contribution is -2.49. The van der Waals surface area contributed by atoms with Gasteiger partial charge in [0.05, 0.1) is 11.4 Å². The Balaban J connectivity index is 1.77. The van der Waals surface area contributed by atoms with Crippen LogP contribution in [0.3, 0.4) is 0 Å². The third-order valence-corrected chi connectivity index (χ3v) is 5.47. The molecule has 3 heteroatoms. The van der Waals surface area contributed by atoms with Gasteiger partial charge in [-0.25, -0.2) is 0 Å². The second-order valence-corrected chi connectivity index (χ2v) is 8.81. The van der Waals surface area contributed by atoms with E-state index in [1.54, 1.807) is 0 Å². The molecule has 2 atom stereocenters. The molecule has 1 saturated heterocycles. The van der Waals surface area contributed by atoms with Crippen molar-refractivity contribution in [2.45, 2.75) is 71.4 Å². The van der Waals surface area contributed by atoms with Gasteiger partial charge in [-0.1, -0.05) is 57.2 Å². The fourth-order valence-corrected chi connectivity index (χ4v) is 3.85. The Bertz CT molecular complexity index is 844. The second kappa shape index (κ2) is 8.83. The molecule has 1 aliphatic heterocycles. The second-order valence-electron chi connectivity index (χ2n) is 8.81. The lowest BCUT2D eigenvalue weighted by atomic mass is 9.86. The highest BCUT2D eigenvalue weighted by Crippen LogP contribution is 2.31. The standard InChI is InChI=1S/C25H33N3/c1-18(26-20-12-7-6-8-13-20)22-16-11-17-23(28-22)19(2)27-24-15-10-9-14-21(24)25(3,4)5/h6-10,12-15,22-23,28H,11,16-17H2,1-5H3. The Hall–Kier alpha value is -2.26. The van der Waals surface area contributed by atoms with Crippen LogP contribution in [0.25, 0.3) is 0 Å². The molecule has 0 amide bonds. The lowest BCUT2D eigenvalue weighted by molar-refractivity contribution is 0.427. The molecule has 2 aromatic rings. The van der Waals surface area contributed by atoms with E-state index < -0.39 is 0 Å². The third-order valence-electron chi connectivity index (χ3n) is 5.47. The van der Waals surface area contributed by atoms with E-state index in [1.807, 2.05) is 18.2 Å². The Morgan fingerprint density at radius 2 is 1.39 bits per heavy atom. The van der Waals surface area contributed by atoms with Crippen molar-refractivity contribution in [2.24, 2.45) is 9.98 Å². The van der Waals surface area contributed by atoms with Gasteiger partial charge in [0.25, 0.3) is 0 Å². The maximum atomic E-state index is 5.04. The molecule has 3 nitrogen and oxygen atoms in total. The van der Waals surface area contributed by atoms with E-state index in [-0.39, 0.29) is 5.41 Å². The molecule has 3 rings (SSSR count). The first-order valence-electron chi connectivity index (χ1n) is 10.4. The number of rotatable bonds is 4. The number of aliphatic imine (C=N–C) groups is 2. The number of para-hydroxylation sites is 2. The van der Waals surface area contributed by atoms with Gasteiger partial charge in [0, 0.05) is 23.5 Å². The van der Waals surface area contributed by atoms with Gasteiger partial charge in [-0.15, -0.1) is 0 Å². The quantitative estimate of drug-likeness (QED) is 0.618. The predicted octanol–water partition coefficient (Wildman–Crippen LogP) is 6.38. The van der Waals surface area contributed by atoms with Crippen LogP contribution < -0.4 is 5.32 Å². The Labute approximate surface area is 170 Å². The molecule has 2 unspecified atom stereocenters. The molecule has 0 saturated carbocycles. The van der Waals surface area contributed by atoms with Crippen LogP contribution in [0.2, 0.25) is 0 Å². The van der Waals surface area contributed by atoms with Crippen LogP contribution in [0.15, 0.2) is 64.6 Å². The molecule has 1 heterocycles. The average Bonchev–Trinajstić information content (AvgIpc) is 2.68. The zero-order valence-electron chi connectivity index (χ0n) is 17.9. The number of hydrogen-bond acceptors (Lipinski definition) is 3. The molecule has 1 aliphatic rings. The van der Waals surface area contributed by atoms with Crippen molar-refractivity contribution in [3.63, 3.8) is 0 Å². The highest BCUT2D eigenvalue weighted by atomic mass is 15.0. The summed E-state index contributed by atoms with van der Waals surface area (Å²) in [7, 11) is 0. The normalized spacial score (nSPS) is 21.6. The smallest absolute Gasteiger partial charge is 0.0666 e. The summed E-state index contributed by atoms with van der Waals surface area (Å²) >= 11 is 0. The van der Waals surface area contributed by atoms with Gasteiger partial charge in [-0.3, -0.25) is 9.98 Å². The van der Waals surface area contributed by atoms with Gasteiger partial charge in [0.2, 0.25) is 0 Å². The molecule has 0 aliphatic carbocycles. The number of hydrogen-bond donors (Lipinski definition) is 1. The zero-order valence-corrected chi connectivity index (χ0v) is 17.9. The van der Waals surface area contributed by atoms with E-state index in [0.717, 1.165) is 35.6 Å². The van der Waals surface area contributed by atoms with Gasteiger partial charge in [-0.2, -0.15) is 0 Å². The Morgan fingerprint density at radius 3 is 2.04 bits per heavy atom. The molecular formula is C25H33N3. The van der Waals surface area contributed by atoms with Crippen LogP contribution in [0, 0.1) is 0 Å². The van der Waals surface area contributed by atoms with E-state index in [0.29, 0.717) is 12.1 Å². The first-order valence-corrected chi connectivity index (χ1v) is 10.4. The van der Waals surface area contributed by atoms with E-state index >= 15 is 0 Å². The molecular weight excluding hydrogens is 342 g/mol. The summed E-state index contributed by atoms with van der Waals surface area (Å²) in [5.74, 6) is 0. The van der Waals surface area contributed by atoms with Crippen molar-refractivity contribution < 1.29 is 0 Å². The number of nitrogens with one attached hydrogen (secondary N) is 1. The fourth-order valence-electron chi connectivity index (χ4n) is 3.85. The topological polar surface area (TPSA) is 36.8 Å². The summed E-state index contributed by atoms with van der Waals surface area (Å²) in [5.41, 5.74) is 5.80. The van der Waals surface area contributed by atoms with Crippen LogP contribution >= 0.6 is 0 Å². The van der Waals surface area contributed by atoms with E-state index in [2.05, 4.69) is 76.3 Å². The van der Waals surface area contributed by atoms with E-state index in [4.69, 9.17) is 9.98 Å². The van der Waals surface area contributed by atoms with Crippen molar-refractivity contribution in [2.75, 3.05) is 0 Å². The average molecular weight is 376 g/mol. The van der Waals surface area contributed by atoms with Crippen molar-refractivity contribution in [1.82, 2.24) is 5.32 Å². The van der Waals surface area contributed by atoms with Crippen LogP contribution in [0.1, 0.15) is 59.4 Å². The molecule has 1 fully saturated rings. The summed E-state index contributed by atoms with van der Waals surface area (Å²) in [4.78, 5) is 9.86. The van der Waals surface area contributed by atoms with Crippen LogP contribution in [0.5, 0.6) is 0 Å². The van der Waals surface area contributed by atoms with Crippen LogP contribution in [0.4, 0.5) is 11.4 Å². The van der Waals surface area contributed by atoms with Gasteiger partial charge in [0.1, 0.15) is 0 Å². The molecule has 0 bridgehead atoms. The Morgan fingerprint density at radius 1 is 0.821 bits per heavy atom. The fraction of sp³-hybridized carbons (Fsp3) is 0.440. The third kappa shape index (κ3) is 5.17. The lowest BCUT2D eigenvalue weighted by Gasteiger charge is -2.31. The van der Waals surface area contributed by atoms with Crippen LogP contribution in [-0.2, 0) is 5.41 Å². The number of piperidine rings is 1. The minimum atomic E-state index is 0.0852. The van der Waals surface area contributed by atoms with Crippen molar-refractivity contribution in [3.8, 4) is 0 Å². The van der Waals surface area contributed by atoms with Crippen molar-refractivity contribution in [3.05, 3.63) is 60.2 Å². The van der Waals surface area contributed by atoms with E-state index in [1.165, 1.54) is 12.0 Å². The molecule has 0 radical (unpaired) electrons. The Kier molecular flexibility index (Phi) is 6.46. The molecule has 0 aromatic heterocycles. The minimum absolute atomic E-state index is 0.0852. The zero-order chi connectivity index (χ0) is 20.1.